The number of rotatable bonds is 6. The summed E-state index contributed by atoms with van der Waals surface area (Å²) >= 11 is 0. The molecular weight excluding hydrogens is 771 g/mol. The van der Waals surface area contributed by atoms with Crippen LogP contribution in [0.5, 0.6) is 0 Å². The van der Waals surface area contributed by atoms with Crippen molar-refractivity contribution in [2.45, 2.75) is 0 Å². The lowest BCUT2D eigenvalue weighted by atomic mass is 9.98. The number of furan rings is 1. The van der Waals surface area contributed by atoms with Gasteiger partial charge in [-0.2, -0.15) is 15.0 Å². The molecule has 0 N–H and O–H groups in total. The highest BCUT2D eigenvalue weighted by molar-refractivity contribution is 6.11. The van der Waals surface area contributed by atoms with Gasteiger partial charge in [0.1, 0.15) is 11.2 Å². The SMILES string of the molecule is [2H]c1c([2H])c([2H])c(-c2c([2H])c([2H])c3c4c([2H])c([2H])c([2H])c([2H])c4n(-c4nc(-c5cccc(-c6ccc(-c7ccc8oc9ccccc9c8c7)cc6)c5)nc(-n5c6c([2H])c([2H])c([2H])c([2H])c6c6c([2H])c([2H])c([2H])c([2H])c65)n4)c3c2[2H])c([2H])c1[2H]. The third kappa shape index (κ3) is 5.69. The molecule has 0 atom stereocenters. The Labute approximate surface area is 389 Å². The molecule has 0 spiro atoms. The van der Waals surface area contributed by atoms with E-state index in [1.807, 2.05) is 66.7 Å². The molecule has 63 heavy (non-hydrogen) atoms. The van der Waals surface area contributed by atoms with Crippen molar-refractivity contribution < 1.29 is 31.8 Å². The molecule has 0 aliphatic heterocycles. The Morgan fingerprint density at radius 3 is 1.57 bits per heavy atom. The molecule has 294 valence electrons. The van der Waals surface area contributed by atoms with Gasteiger partial charge in [-0.15, -0.1) is 0 Å². The molecule has 6 heteroatoms. The lowest BCUT2D eigenvalue weighted by molar-refractivity contribution is 0.669. The Balaban J connectivity index is 1.13. The molecule has 9 aromatic carbocycles. The quantitative estimate of drug-likeness (QED) is 0.168. The van der Waals surface area contributed by atoms with Crippen LogP contribution in [0.15, 0.2) is 216 Å². The molecule has 0 aliphatic carbocycles. The second-order valence-corrected chi connectivity index (χ2v) is 14.5. The van der Waals surface area contributed by atoms with Gasteiger partial charge in [-0.3, -0.25) is 9.13 Å². The maximum absolute atomic E-state index is 9.92. The van der Waals surface area contributed by atoms with E-state index in [2.05, 4.69) is 6.07 Å². The van der Waals surface area contributed by atoms with Crippen molar-refractivity contribution >= 4 is 65.6 Å². The first-order valence-corrected chi connectivity index (χ1v) is 19.5. The molecule has 13 aromatic rings. The second kappa shape index (κ2) is 14.0. The van der Waals surface area contributed by atoms with Crippen LogP contribution in [0.2, 0.25) is 0 Å². The average molecular weight is 826 g/mol. The number of aromatic nitrogens is 5. The van der Waals surface area contributed by atoms with E-state index in [0.29, 0.717) is 5.56 Å². The van der Waals surface area contributed by atoms with Crippen LogP contribution in [0, 0.1) is 0 Å². The summed E-state index contributed by atoms with van der Waals surface area (Å²) in [7, 11) is 0. The molecule has 6 nitrogen and oxygen atoms in total. The van der Waals surface area contributed by atoms with E-state index in [4.69, 9.17) is 37.2 Å². The molecule has 13 rings (SSSR count). The van der Waals surface area contributed by atoms with E-state index < -0.39 is 177 Å². The fourth-order valence-corrected chi connectivity index (χ4v) is 8.11. The van der Waals surface area contributed by atoms with E-state index in [9.17, 15) is 9.60 Å². The van der Waals surface area contributed by atoms with E-state index >= 15 is 0 Å². The summed E-state index contributed by atoms with van der Waals surface area (Å²) in [6, 6.07) is 13.1. The lowest BCUT2D eigenvalue weighted by Crippen LogP contribution is -2.10. The van der Waals surface area contributed by atoms with Crippen LogP contribution in [-0.2, 0) is 0 Å². The smallest absolute Gasteiger partial charge is 0.240 e. The van der Waals surface area contributed by atoms with Crippen molar-refractivity contribution in [3.63, 3.8) is 0 Å². The van der Waals surface area contributed by atoms with Gasteiger partial charge in [-0.05, 0) is 81.8 Å². The fourth-order valence-electron chi connectivity index (χ4n) is 8.11. The zero-order valence-corrected chi connectivity index (χ0v) is 32.3. The monoisotopic (exact) mass is 825 g/mol. The molecule has 0 unspecified atom stereocenters. The summed E-state index contributed by atoms with van der Waals surface area (Å²) in [5, 5.41) is 0.466. The number of benzene rings is 9. The number of fused-ring (bicyclic) bond motifs is 9. The lowest BCUT2D eigenvalue weighted by Gasteiger charge is -2.13. The van der Waals surface area contributed by atoms with Crippen molar-refractivity contribution in [2.75, 3.05) is 0 Å². The Morgan fingerprint density at radius 2 is 0.889 bits per heavy atom. The highest BCUT2D eigenvalue weighted by Gasteiger charge is 2.21. The first-order valence-electron chi connectivity index (χ1n) is 29.5. The molecule has 4 heterocycles. The third-order valence-corrected chi connectivity index (χ3v) is 11.0. The topological polar surface area (TPSA) is 61.7 Å². The van der Waals surface area contributed by atoms with Crippen LogP contribution in [0.3, 0.4) is 0 Å². The highest BCUT2D eigenvalue weighted by Crippen LogP contribution is 2.38. The van der Waals surface area contributed by atoms with Crippen LogP contribution in [0.1, 0.15) is 27.4 Å². The molecule has 4 aromatic heterocycles. The summed E-state index contributed by atoms with van der Waals surface area (Å²) in [6.07, 6.45) is 0. The summed E-state index contributed by atoms with van der Waals surface area (Å²) < 4.78 is 188. The zero-order valence-electron chi connectivity index (χ0n) is 52.3. The van der Waals surface area contributed by atoms with Gasteiger partial charge in [0.25, 0.3) is 0 Å². The minimum absolute atomic E-state index is 0.238. The summed E-state index contributed by atoms with van der Waals surface area (Å²) in [6.45, 7) is 0. The molecule has 0 radical (unpaired) electrons. The molecule has 0 aliphatic rings. The van der Waals surface area contributed by atoms with Crippen molar-refractivity contribution in [1.29, 1.82) is 0 Å². The molecular formula is C57H35N5O. The molecule has 0 saturated heterocycles. The number of hydrogen-bond acceptors (Lipinski definition) is 4. The Morgan fingerprint density at radius 1 is 0.349 bits per heavy atom. The van der Waals surface area contributed by atoms with Crippen molar-refractivity contribution in [1.82, 2.24) is 24.1 Å². The Kier molecular flexibility index (Phi) is 4.61. The Hall–Kier alpha value is -8.61. The standard InChI is InChI=1S/C57H35N5O/c1-2-13-36(14-3-1)41-29-31-46-45-19-6-10-23-51(45)62(52(46)35-41)57-59-55(58-56(60-57)61-49-21-8-4-17-43(49)44-18-5-9-22-50(44)61)42-16-12-15-39(33-42)37-25-27-38(28-26-37)40-30-32-54-48(34-40)47-20-7-11-24-53(47)63-54/h1-35H/i1D,2D,3D,4D,5D,6D,8D,9D,10D,13D,14D,17D,18D,19D,21D,22D,23D,29D,31D,35D. The van der Waals surface area contributed by atoms with Gasteiger partial charge < -0.3 is 4.42 Å². The zero-order chi connectivity index (χ0) is 58.8. The van der Waals surface area contributed by atoms with E-state index in [1.165, 1.54) is 0 Å². The van der Waals surface area contributed by atoms with Crippen LogP contribution in [0.4, 0.5) is 0 Å². The highest BCUT2D eigenvalue weighted by atomic mass is 16.3. The summed E-state index contributed by atoms with van der Waals surface area (Å²) in [4.78, 5) is 14.6. The molecule has 0 amide bonds. The van der Waals surface area contributed by atoms with Crippen molar-refractivity contribution in [2.24, 2.45) is 0 Å². The van der Waals surface area contributed by atoms with Crippen molar-refractivity contribution in [3.8, 4) is 56.7 Å². The summed E-state index contributed by atoms with van der Waals surface area (Å²) in [5.74, 6) is -1.40. The number of para-hydroxylation sites is 4. The first kappa shape index (κ1) is 20.8. The largest absolute Gasteiger partial charge is 0.456 e. The van der Waals surface area contributed by atoms with E-state index in [0.717, 1.165) is 47.8 Å². The minimum Gasteiger partial charge on any atom is -0.456 e. The van der Waals surface area contributed by atoms with Crippen LogP contribution >= 0.6 is 0 Å². The number of hydrogen-bond donors (Lipinski definition) is 0. The van der Waals surface area contributed by atoms with E-state index in [-0.39, 0.29) is 22.2 Å². The fraction of sp³-hybridized carbons (Fsp3) is 0. The van der Waals surface area contributed by atoms with Crippen LogP contribution in [0.25, 0.3) is 122 Å². The predicted octanol–water partition coefficient (Wildman–Crippen LogP) is 14.6. The van der Waals surface area contributed by atoms with Crippen LogP contribution < -0.4 is 0 Å². The second-order valence-electron chi connectivity index (χ2n) is 14.5. The van der Waals surface area contributed by atoms with Gasteiger partial charge in [-0.25, -0.2) is 0 Å². The maximum atomic E-state index is 9.92. The normalized spacial score (nSPS) is 16.3. The minimum atomic E-state index is -0.826. The van der Waals surface area contributed by atoms with Gasteiger partial charge in [0.05, 0.1) is 49.5 Å². The van der Waals surface area contributed by atoms with E-state index in [1.54, 1.807) is 18.2 Å². The van der Waals surface area contributed by atoms with Gasteiger partial charge in [0, 0.05) is 37.9 Å². The molecule has 0 bridgehead atoms. The molecule has 0 saturated carbocycles. The van der Waals surface area contributed by atoms with Gasteiger partial charge >= 0.3 is 0 Å². The van der Waals surface area contributed by atoms with Crippen molar-refractivity contribution in [3.05, 3.63) is 212 Å². The summed E-state index contributed by atoms with van der Waals surface area (Å²) in [5.41, 5.74) is 1.91. The average Bonchev–Trinajstić information content (AvgIpc) is 1.93. The maximum Gasteiger partial charge on any atom is 0.240 e. The van der Waals surface area contributed by atoms with Gasteiger partial charge in [0.2, 0.25) is 11.9 Å². The molecule has 0 fully saturated rings. The third-order valence-electron chi connectivity index (χ3n) is 11.0. The number of nitrogens with zero attached hydrogens (tertiary/aromatic N) is 5. The van der Waals surface area contributed by atoms with Gasteiger partial charge in [0.15, 0.2) is 5.82 Å². The van der Waals surface area contributed by atoms with Crippen LogP contribution in [-0.4, -0.2) is 24.1 Å². The Bertz CT molecular complexity index is 5010. The van der Waals surface area contributed by atoms with Gasteiger partial charge in [-0.1, -0.05) is 163 Å². The first-order chi connectivity index (χ1) is 39.5. The predicted molar refractivity (Wildman–Crippen MR) is 258 cm³/mol.